The van der Waals surface area contributed by atoms with Gasteiger partial charge in [0.05, 0.1) is 45.5 Å². The lowest BCUT2D eigenvalue weighted by atomic mass is 9.92. The van der Waals surface area contributed by atoms with Crippen molar-refractivity contribution in [2.24, 2.45) is 40.9 Å². The molecule has 16 nitrogen and oxygen atoms in total. The van der Waals surface area contributed by atoms with Gasteiger partial charge >= 0.3 is 0 Å². The Kier molecular flexibility index (Phi) is 16.8. The standard InChI is InChI=1S/C62H54N8O8/c1-7-40-24-56(68-64-52-17-9-13-42(26-52)37(4)72)30-46(60(40)76)22-48-32-58(70-66-54-19-11-15-44(28-54)39(6)74)34-50(62(48)78)23-49-33-57(69-65-53-18-10-14-43(27-53)38(5)73)31-47(61(49)77)21-45-29-55(20-35(2)59(45)75)67-63-51-16-8-12-41(25-51)36(3)71/h8-20,24-34,75-78H,7,21-23H2,1-6H3. The van der Waals surface area contributed by atoms with Crippen molar-refractivity contribution < 1.29 is 39.6 Å². The third kappa shape index (κ3) is 13.5. The van der Waals surface area contributed by atoms with Gasteiger partial charge in [0, 0.05) is 74.9 Å². The van der Waals surface area contributed by atoms with Gasteiger partial charge in [0.15, 0.2) is 23.1 Å². The zero-order chi connectivity index (χ0) is 55.6. The number of benzene rings is 8. The Morgan fingerprint density at radius 2 is 0.551 bits per heavy atom. The monoisotopic (exact) mass is 1040 g/mol. The fourth-order valence-corrected chi connectivity index (χ4v) is 8.59. The Bertz CT molecular complexity index is 3810. The van der Waals surface area contributed by atoms with Gasteiger partial charge in [-0.25, -0.2) is 0 Å². The van der Waals surface area contributed by atoms with Crippen LogP contribution in [0, 0.1) is 6.92 Å². The van der Waals surface area contributed by atoms with E-state index in [2.05, 4.69) is 40.9 Å². The van der Waals surface area contributed by atoms with E-state index in [0.29, 0.717) is 119 Å². The SMILES string of the molecule is CCc1cc(N=Nc2cccc(C(C)=O)c2)cc(Cc2cc(N=Nc3cccc(C(C)=O)c3)cc(Cc3cc(N=Nc4cccc(C(C)=O)c4)cc(Cc4cc(N=Nc5cccc(C(C)=O)c5)cc(C)c4O)c3O)c2O)c1O. The minimum atomic E-state index is -0.177. The molecule has 78 heavy (non-hydrogen) atoms. The van der Waals surface area contributed by atoms with Crippen LogP contribution < -0.4 is 0 Å². The van der Waals surface area contributed by atoms with Crippen LogP contribution in [0.2, 0.25) is 0 Å². The lowest BCUT2D eigenvalue weighted by Gasteiger charge is -2.16. The van der Waals surface area contributed by atoms with E-state index in [1.165, 1.54) is 27.7 Å². The molecule has 0 fully saturated rings. The van der Waals surface area contributed by atoms with E-state index in [1.54, 1.807) is 153 Å². The summed E-state index contributed by atoms with van der Waals surface area (Å²) in [6, 6.07) is 40.0. The first-order valence-electron chi connectivity index (χ1n) is 24.9. The molecule has 0 amide bonds. The third-order valence-electron chi connectivity index (χ3n) is 12.8. The largest absolute Gasteiger partial charge is 0.507 e. The molecule has 0 spiro atoms. The molecule has 8 aromatic rings. The van der Waals surface area contributed by atoms with Gasteiger partial charge in [0.1, 0.15) is 23.0 Å². The van der Waals surface area contributed by atoms with E-state index in [1.807, 2.05) is 6.92 Å². The van der Waals surface area contributed by atoms with Crippen LogP contribution in [-0.2, 0) is 25.7 Å². The molecule has 8 aromatic carbocycles. The highest BCUT2D eigenvalue weighted by Gasteiger charge is 2.20. The molecule has 0 saturated carbocycles. The van der Waals surface area contributed by atoms with Crippen LogP contribution in [-0.4, -0.2) is 43.6 Å². The van der Waals surface area contributed by atoms with Crippen LogP contribution in [0.1, 0.15) is 121 Å². The van der Waals surface area contributed by atoms with E-state index in [9.17, 15) is 39.6 Å². The number of aryl methyl sites for hydroxylation is 2. The number of phenols is 4. The van der Waals surface area contributed by atoms with Crippen molar-refractivity contribution in [2.75, 3.05) is 0 Å². The van der Waals surface area contributed by atoms with Gasteiger partial charge < -0.3 is 20.4 Å². The number of hydrogen-bond acceptors (Lipinski definition) is 16. The molecular formula is C62H54N8O8. The lowest BCUT2D eigenvalue weighted by Crippen LogP contribution is -1.99. The summed E-state index contributed by atoms with van der Waals surface area (Å²) in [7, 11) is 0. The second kappa shape index (κ2) is 24.1. The molecule has 0 unspecified atom stereocenters. The summed E-state index contributed by atoms with van der Waals surface area (Å²) in [4.78, 5) is 48.6. The number of hydrogen-bond donors (Lipinski definition) is 4. The van der Waals surface area contributed by atoms with Gasteiger partial charge in [-0.3, -0.25) is 19.2 Å². The Balaban J connectivity index is 1.23. The van der Waals surface area contributed by atoms with Gasteiger partial charge in [-0.05, 0) is 149 Å². The summed E-state index contributed by atoms with van der Waals surface area (Å²) in [5, 5.41) is 83.2. The number of rotatable bonds is 19. The quantitative estimate of drug-likeness (QED) is 0.0447. The summed E-state index contributed by atoms with van der Waals surface area (Å²) >= 11 is 0. The molecule has 0 saturated heterocycles. The van der Waals surface area contributed by atoms with Crippen molar-refractivity contribution in [2.45, 2.75) is 67.2 Å². The number of nitrogens with zero attached hydrogens (tertiary/aromatic N) is 8. The first kappa shape index (κ1) is 54.3. The Morgan fingerprint density at radius 3 is 0.821 bits per heavy atom. The number of Topliss-reactive ketones (excluding diaryl/α,β-unsaturated/α-hetero) is 4. The van der Waals surface area contributed by atoms with Gasteiger partial charge in [-0.1, -0.05) is 55.5 Å². The van der Waals surface area contributed by atoms with Crippen molar-refractivity contribution in [3.63, 3.8) is 0 Å². The van der Waals surface area contributed by atoms with Crippen molar-refractivity contribution in [3.05, 3.63) is 212 Å². The summed E-state index contributed by atoms with van der Waals surface area (Å²) in [6.45, 7) is 9.43. The molecule has 390 valence electrons. The predicted molar refractivity (Wildman–Crippen MR) is 297 cm³/mol. The smallest absolute Gasteiger partial charge is 0.159 e. The number of ketones is 4. The van der Waals surface area contributed by atoms with Crippen LogP contribution in [0.15, 0.2) is 187 Å². The molecule has 0 heterocycles. The zero-order valence-electron chi connectivity index (χ0n) is 43.7. The van der Waals surface area contributed by atoms with Crippen LogP contribution >= 0.6 is 0 Å². The van der Waals surface area contributed by atoms with Crippen molar-refractivity contribution in [1.82, 2.24) is 0 Å². The van der Waals surface area contributed by atoms with E-state index >= 15 is 0 Å². The van der Waals surface area contributed by atoms with Crippen LogP contribution in [0.25, 0.3) is 0 Å². The summed E-state index contributed by atoms with van der Waals surface area (Å²) in [6.07, 6.45) is 0.274. The first-order chi connectivity index (χ1) is 37.4. The number of carbonyl (C=O) groups excluding carboxylic acids is 4. The summed E-state index contributed by atoms with van der Waals surface area (Å²) in [5.74, 6) is -0.946. The molecule has 0 aliphatic rings. The molecule has 0 atom stereocenters. The molecule has 0 bridgehead atoms. The highest BCUT2D eigenvalue weighted by molar-refractivity contribution is 5.96. The highest BCUT2D eigenvalue weighted by atomic mass is 16.3. The molecule has 0 aliphatic carbocycles. The van der Waals surface area contributed by atoms with Gasteiger partial charge in [-0.2, -0.15) is 40.9 Å². The van der Waals surface area contributed by atoms with E-state index < -0.39 is 0 Å². The normalized spacial score (nSPS) is 11.6. The number of phenolic OH excluding ortho intramolecular Hbond substituents is 4. The second-order valence-electron chi connectivity index (χ2n) is 18.7. The topological polar surface area (TPSA) is 248 Å². The maximum Gasteiger partial charge on any atom is 0.159 e. The molecule has 4 N–H and O–H groups in total. The maximum absolute atomic E-state index is 12.3. The molecule has 8 rings (SSSR count). The third-order valence-corrected chi connectivity index (χ3v) is 12.8. The minimum absolute atomic E-state index is 0.00976. The molecule has 16 heteroatoms. The van der Waals surface area contributed by atoms with E-state index in [-0.39, 0.29) is 65.4 Å². The Hall–Kier alpha value is -9.96. The fourth-order valence-electron chi connectivity index (χ4n) is 8.59. The second-order valence-corrected chi connectivity index (χ2v) is 18.7. The molecule has 0 radical (unpaired) electrons. The number of azo groups is 4. The van der Waals surface area contributed by atoms with Gasteiger partial charge in [-0.15, -0.1) is 0 Å². The van der Waals surface area contributed by atoms with Crippen LogP contribution in [0.4, 0.5) is 45.5 Å². The van der Waals surface area contributed by atoms with Crippen molar-refractivity contribution in [3.8, 4) is 23.0 Å². The van der Waals surface area contributed by atoms with Crippen LogP contribution in [0.3, 0.4) is 0 Å². The molecular weight excluding hydrogens is 985 g/mol. The number of aromatic hydroxyl groups is 4. The van der Waals surface area contributed by atoms with Gasteiger partial charge in [0.25, 0.3) is 0 Å². The Labute approximate surface area is 450 Å². The molecule has 0 aliphatic heterocycles. The number of carbonyl (C=O) groups is 4. The average Bonchev–Trinajstić information content (AvgIpc) is 3.49. The van der Waals surface area contributed by atoms with Crippen molar-refractivity contribution in [1.29, 1.82) is 0 Å². The summed E-state index contributed by atoms with van der Waals surface area (Å²) in [5.41, 5.74) is 8.08. The fraction of sp³-hybridized carbons (Fsp3) is 0.161. The van der Waals surface area contributed by atoms with Gasteiger partial charge in [0.2, 0.25) is 0 Å². The van der Waals surface area contributed by atoms with Crippen LogP contribution in [0.5, 0.6) is 23.0 Å². The Morgan fingerprint density at radius 1 is 0.321 bits per heavy atom. The maximum atomic E-state index is 12.3. The first-order valence-corrected chi connectivity index (χ1v) is 24.9. The predicted octanol–water partition coefficient (Wildman–Crippen LogP) is 16.6. The molecule has 0 aromatic heterocycles. The van der Waals surface area contributed by atoms with Crippen molar-refractivity contribution >= 4 is 68.6 Å². The summed E-state index contributed by atoms with van der Waals surface area (Å²) < 4.78 is 0. The highest BCUT2D eigenvalue weighted by Crippen LogP contribution is 2.41. The minimum Gasteiger partial charge on any atom is -0.507 e. The zero-order valence-corrected chi connectivity index (χ0v) is 43.7. The van der Waals surface area contributed by atoms with E-state index in [4.69, 9.17) is 0 Å². The van der Waals surface area contributed by atoms with E-state index in [0.717, 1.165) is 0 Å². The lowest BCUT2D eigenvalue weighted by molar-refractivity contribution is 0.100. The average molecular weight is 1040 g/mol.